The Kier molecular flexibility index (Phi) is 3.88. The van der Waals surface area contributed by atoms with Gasteiger partial charge in [0.1, 0.15) is 0 Å². The highest BCUT2D eigenvalue weighted by atomic mass is 32.1. The van der Waals surface area contributed by atoms with Gasteiger partial charge in [-0.3, -0.25) is 0 Å². The lowest BCUT2D eigenvalue weighted by Gasteiger charge is -2.18. The molecule has 2 N–H and O–H groups in total. The minimum Gasteiger partial charge on any atom is -0.351 e. The highest BCUT2D eigenvalue weighted by Crippen LogP contribution is 2.20. The van der Waals surface area contributed by atoms with Crippen LogP contribution in [-0.2, 0) is 13.1 Å². The van der Waals surface area contributed by atoms with Crippen molar-refractivity contribution in [1.82, 2.24) is 9.97 Å². The van der Waals surface area contributed by atoms with Gasteiger partial charge in [-0.2, -0.15) is 0 Å². The second-order valence-corrected chi connectivity index (χ2v) is 5.09. The summed E-state index contributed by atoms with van der Waals surface area (Å²) < 4.78 is 14.0. The van der Waals surface area contributed by atoms with Gasteiger partial charge in [-0.15, -0.1) is 11.3 Å². The number of anilines is 1. The summed E-state index contributed by atoms with van der Waals surface area (Å²) in [6.45, 7) is 2.65. The van der Waals surface area contributed by atoms with E-state index in [4.69, 9.17) is 5.73 Å². The Hall–Kier alpha value is -1.53. The molecule has 0 aliphatic carbocycles. The average Bonchev–Trinajstić information content (AvgIpc) is 2.75. The van der Waals surface area contributed by atoms with Crippen molar-refractivity contribution >= 4 is 17.2 Å². The Morgan fingerprint density at radius 2 is 2.28 bits per heavy atom. The van der Waals surface area contributed by atoms with Gasteiger partial charge in [0, 0.05) is 30.7 Å². The molecule has 0 aliphatic heterocycles. The number of aromatic nitrogens is 2. The number of nitrogens with zero attached hydrogens (tertiary/aromatic N) is 3. The lowest BCUT2D eigenvalue weighted by molar-refractivity contribution is 0.598. The molecule has 0 aromatic carbocycles. The van der Waals surface area contributed by atoms with E-state index < -0.39 is 0 Å². The smallest absolute Gasteiger partial charge is 0.170 e. The molecule has 2 rings (SSSR count). The number of thiazole rings is 1. The summed E-state index contributed by atoms with van der Waals surface area (Å²) in [5.74, 6) is -0.0435. The topological polar surface area (TPSA) is 55.0 Å². The maximum atomic E-state index is 14.0. The monoisotopic (exact) mass is 266 g/mol. The van der Waals surface area contributed by atoms with Crippen LogP contribution in [0.1, 0.15) is 16.3 Å². The van der Waals surface area contributed by atoms with E-state index in [2.05, 4.69) is 9.97 Å². The Balaban J connectivity index is 2.21. The quantitative estimate of drug-likeness (QED) is 0.920. The van der Waals surface area contributed by atoms with Gasteiger partial charge in [0.15, 0.2) is 11.6 Å². The summed E-state index contributed by atoms with van der Waals surface area (Å²) in [5, 5.41) is 2.97. The number of hydrogen-bond acceptors (Lipinski definition) is 5. The molecule has 0 unspecified atom stereocenters. The van der Waals surface area contributed by atoms with E-state index in [0.29, 0.717) is 17.9 Å². The summed E-state index contributed by atoms with van der Waals surface area (Å²) in [6.07, 6.45) is 1.57. The Labute approximate surface area is 109 Å². The van der Waals surface area contributed by atoms with E-state index in [1.165, 1.54) is 0 Å². The first kappa shape index (κ1) is 12.9. The average molecular weight is 266 g/mol. The predicted octanol–water partition coefficient (Wildman–Crippen LogP) is 2.08. The predicted molar refractivity (Wildman–Crippen MR) is 71.0 cm³/mol. The molecule has 6 heteroatoms. The van der Waals surface area contributed by atoms with Gasteiger partial charge in [0.25, 0.3) is 0 Å². The van der Waals surface area contributed by atoms with Gasteiger partial charge in [-0.05, 0) is 13.0 Å². The van der Waals surface area contributed by atoms with Gasteiger partial charge in [0.05, 0.1) is 17.2 Å². The number of halogens is 1. The molecular formula is C12H15FN4S. The number of hydrogen-bond donors (Lipinski definition) is 1. The molecule has 96 valence electrons. The fourth-order valence-electron chi connectivity index (χ4n) is 1.69. The summed E-state index contributed by atoms with van der Waals surface area (Å²) >= 11 is 1.58. The van der Waals surface area contributed by atoms with E-state index in [9.17, 15) is 4.39 Å². The van der Waals surface area contributed by atoms with E-state index in [1.54, 1.807) is 35.5 Å². The van der Waals surface area contributed by atoms with Crippen molar-refractivity contribution in [3.8, 4) is 0 Å². The molecule has 0 saturated heterocycles. The van der Waals surface area contributed by atoms with Crippen LogP contribution in [0.2, 0.25) is 0 Å². The molecule has 0 bridgehead atoms. The van der Waals surface area contributed by atoms with E-state index >= 15 is 0 Å². The van der Waals surface area contributed by atoms with Crippen molar-refractivity contribution in [2.45, 2.75) is 20.0 Å². The van der Waals surface area contributed by atoms with Crippen LogP contribution in [0.25, 0.3) is 0 Å². The summed E-state index contributed by atoms with van der Waals surface area (Å²) in [7, 11) is 1.79. The molecule has 2 heterocycles. The molecular weight excluding hydrogens is 251 g/mol. The van der Waals surface area contributed by atoms with Crippen molar-refractivity contribution in [3.63, 3.8) is 0 Å². The third-order valence-corrected chi connectivity index (χ3v) is 3.42. The zero-order valence-corrected chi connectivity index (χ0v) is 11.2. The fraction of sp³-hybridized carbons (Fsp3) is 0.333. The molecule has 0 radical (unpaired) electrons. The van der Waals surface area contributed by atoms with E-state index in [0.717, 1.165) is 10.7 Å². The van der Waals surface area contributed by atoms with Crippen LogP contribution < -0.4 is 10.6 Å². The maximum Gasteiger partial charge on any atom is 0.170 e. The van der Waals surface area contributed by atoms with Gasteiger partial charge >= 0.3 is 0 Å². The van der Waals surface area contributed by atoms with Crippen LogP contribution in [-0.4, -0.2) is 17.0 Å². The molecule has 0 fully saturated rings. The van der Waals surface area contributed by atoms with Crippen LogP contribution in [0, 0.1) is 12.7 Å². The van der Waals surface area contributed by atoms with Crippen molar-refractivity contribution in [1.29, 1.82) is 0 Å². The molecule has 2 aromatic rings. The molecule has 0 amide bonds. The van der Waals surface area contributed by atoms with Crippen molar-refractivity contribution in [2.24, 2.45) is 5.73 Å². The first-order valence-corrected chi connectivity index (χ1v) is 6.45. The lowest BCUT2D eigenvalue weighted by Crippen LogP contribution is -2.20. The Bertz CT molecular complexity index is 541. The highest BCUT2D eigenvalue weighted by molar-refractivity contribution is 7.09. The summed E-state index contributed by atoms with van der Waals surface area (Å²) in [5.41, 5.74) is 6.87. The number of rotatable bonds is 4. The molecule has 0 saturated carbocycles. The first-order chi connectivity index (χ1) is 8.61. The Morgan fingerprint density at radius 3 is 2.89 bits per heavy atom. The minimum absolute atomic E-state index is 0.172. The third-order valence-electron chi connectivity index (χ3n) is 2.60. The van der Waals surface area contributed by atoms with E-state index in [-0.39, 0.29) is 12.4 Å². The number of nitrogens with two attached hydrogens (primary N) is 1. The standard InChI is InChI=1S/C12H15FN4S/c1-8-16-10(7-18-8)6-17(2)12-11(13)9(5-14)3-4-15-12/h3-4,7H,5-6,14H2,1-2H3. The van der Waals surface area contributed by atoms with Crippen LogP contribution >= 0.6 is 11.3 Å². The van der Waals surface area contributed by atoms with Crippen LogP contribution in [0.5, 0.6) is 0 Å². The fourth-order valence-corrected chi connectivity index (χ4v) is 2.30. The SMILES string of the molecule is Cc1nc(CN(C)c2nccc(CN)c2F)cs1. The zero-order valence-electron chi connectivity index (χ0n) is 10.4. The van der Waals surface area contributed by atoms with E-state index in [1.807, 2.05) is 12.3 Å². The number of pyridine rings is 1. The van der Waals surface area contributed by atoms with Crippen LogP contribution in [0.4, 0.5) is 10.2 Å². The highest BCUT2D eigenvalue weighted by Gasteiger charge is 2.13. The van der Waals surface area contributed by atoms with Gasteiger partial charge < -0.3 is 10.6 Å². The maximum absolute atomic E-state index is 14.0. The molecule has 0 aliphatic rings. The number of aryl methyl sites for hydroxylation is 1. The third kappa shape index (κ3) is 2.65. The van der Waals surface area contributed by atoms with Gasteiger partial charge in [-0.25, -0.2) is 14.4 Å². The molecule has 18 heavy (non-hydrogen) atoms. The van der Waals surface area contributed by atoms with Crippen LogP contribution in [0.15, 0.2) is 17.6 Å². The first-order valence-electron chi connectivity index (χ1n) is 5.57. The van der Waals surface area contributed by atoms with Crippen molar-refractivity contribution in [2.75, 3.05) is 11.9 Å². The second kappa shape index (κ2) is 5.41. The lowest BCUT2D eigenvalue weighted by atomic mass is 10.2. The van der Waals surface area contributed by atoms with Crippen LogP contribution in [0.3, 0.4) is 0 Å². The van der Waals surface area contributed by atoms with Crippen molar-refractivity contribution in [3.05, 3.63) is 39.7 Å². The second-order valence-electron chi connectivity index (χ2n) is 4.03. The molecule has 2 aromatic heterocycles. The molecule has 0 atom stereocenters. The summed E-state index contributed by atoms with van der Waals surface area (Å²) in [4.78, 5) is 10.2. The van der Waals surface area contributed by atoms with Gasteiger partial charge in [0.2, 0.25) is 0 Å². The van der Waals surface area contributed by atoms with Crippen molar-refractivity contribution < 1.29 is 4.39 Å². The zero-order chi connectivity index (χ0) is 13.1. The molecule has 4 nitrogen and oxygen atoms in total. The minimum atomic E-state index is -0.352. The van der Waals surface area contributed by atoms with Gasteiger partial charge in [-0.1, -0.05) is 0 Å². The largest absolute Gasteiger partial charge is 0.351 e. The normalized spacial score (nSPS) is 10.7. The molecule has 0 spiro atoms. The Morgan fingerprint density at radius 1 is 1.50 bits per heavy atom. The summed E-state index contributed by atoms with van der Waals surface area (Å²) in [6, 6.07) is 1.60.